The molecule has 0 saturated carbocycles. The van der Waals surface area contributed by atoms with E-state index in [1.165, 1.54) is 17.7 Å². The number of amides is 1. The number of sulfone groups is 1. The Morgan fingerprint density at radius 2 is 1.90 bits per heavy atom. The van der Waals surface area contributed by atoms with Gasteiger partial charge in [-0.15, -0.1) is 10.2 Å². The number of aryl methyl sites for hydroxylation is 1. The summed E-state index contributed by atoms with van der Waals surface area (Å²) in [5.74, 6) is 1.62. The largest absolute Gasteiger partial charge is 0.349 e. The minimum absolute atomic E-state index is 0.00864. The number of rotatable bonds is 5. The summed E-state index contributed by atoms with van der Waals surface area (Å²) in [4.78, 5) is 12.8. The fourth-order valence-electron chi connectivity index (χ4n) is 3.74. The van der Waals surface area contributed by atoms with E-state index in [0.29, 0.717) is 5.56 Å². The SMILES string of the molecule is CS(=O)(=O)c1cccc(C(=O)NC2CCc3nnc(Cc4ccccc4)n3CC2)c1. The van der Waals surface area contributed by atoms with Crippen molar-refractivity contribution in [3.05, 3.63) is 77.4 Å². The number of hydrogen-bond acceptors (Lipinski definition) is 5. The Morgan fingerprint density at radius 1 is 1.10 bits per heavy atom. The lowest BCUT2D eigenvalue weighted by Gasteiger charge is -2.16. The van der Waals surface area contributed by atoms with Gasteiger partial charge in [0.15, 0.2) is 9.84 Å². The molecule has 2 aromatic carbocycles. The normalized spacial score (nSPS) is 16.5. The molecule has 2 heterocycles. The van der Waals surface area contributed by atoms with Gasteiger partial charge in [0.2, 0.25) is 0 Å². The van der Waals surface area contributed by atoms with Gasteiger partial charge in [-0.3, -0.25) is 4.79 Å². The first-order valence-corrected chi connectivity index (χ1v) is 11.8. The van der Waals surface area contributed by atoms with Crippen LogP contribution in [0.25, 0.3) is 0 Å². The van der Waals surface area contributed by atoms with Crippen LogP contribution in [-0.2, 0) is 29.2 Å². The molecule has 0 aliphatic carbocycles. The Kier molecular flexibility index (Phi) is 5.67. The van der Waals surface area contributed by atoms with Crippen molar-refractivity contribution in [1.29, 1.82) is 0 Å². The Morgan fingerprint density at radius 3 is 2.67 bits per heavy atom. The fraction of sp³-hybridized carbons (Fsp3) is 0.318. The predicted molar refractivity (Wildman–Crippen MR) is 113 cm³/mol. The van der Waals surface area contributed by atoms with Gasteiger partial charge < -0.3 is 9.88 Å². The third-order valence-corrected chi connectivity index (χ3v) is 6.50. The molecule has 1 unspecified atom stereocenters. The molecule has 0 spiro atoms. The number of aromatic nitrogens is 3. The number of nitrogens with one attached hydrogen (secondary N) is 1. The average Bonchev–Trinajstić information content (AvgIpc) is 2.99. The molecule has 156 valence electrons. The van der Waals surface area contributed by atoms with E-state index in [2.05, 4.69) is 32.2 Å². The van der Waals surface area contributed by atoms with Gasteiger partial charge in [0.25, 0.3) is 5.91 Å². The summed E-state index contributed by atoms with van der Waals surface area (Å²) in [5, 5.41) is 11.8. The van der Waals surface area contributed by atoms with Crippen LogP contribution in [0.5, 0.6) is 0 Å². The van der Waals surface area contributed by atoms with Gasteiger partial charge in [-0.05, 0) is 36.6 Å². The lowest BCUT2D eigenvalue weighted by atomic mass is 10.1. The molecule has 8 heteroatoms. The maximum Gasteiger partial charge on any atom is 0.251 e. The molecule has 30 heavy (non-hydrogen) atoms. The van der Waals surface area contributed by atoms with Gasteiger partial charge in [0.05, 0.1) is 4.90 Å². The Bertz CT molecular complexity index is 1160. The summed E-state index contributed by atoms with van der Waals surface area (Å²) in [5.41, 5.74) is 1.54. The first kappa shape index (κ1) is 20.3. The highest BCUT2D eigenvalue weighted by molar-refractivity contribution is 7.90. The van der Waals surface area contributed by atoms with E-state index >= 15 is 0 Å². The van der Waals surface area contributed by atoms with Crippen molar-refractivity contribution in [2.24, 2.45) is 0 Å². The summed E-state index contributed by atoms with van der Waals surface area (Å²) in [6.07, 6.45) is 4.13. The van der Waals surface area contributed by atoms with Gasteiger partial charge >= 0.3 is 0 Å². The summed E-state index contributed by atoms with van der Waals surface area (Å²) in [6, 6.07) is 16.3. The van der Waals surface area contributed by atoms with Crippen LogP contribution in [0.4, 0.5) is 0 Å². The van der Waals surface area contributed by atoms with Gasteiger partial charge in [0.1, 0.15) is 11.6 Å². The molecule has 3 aromatic rings. The Labute approximate surface area is 176 Å². The number of nitrogens with zero attached hydrogens (tertiary/aromatic N) is 3. The topological polar surface area (TPSA) is 93.9 Å². The lowest BCUT2D eigenvalue weighted by molar-refractivity contribution is 0.0932. The zero-order valence-corrected chi connectivity index (χ0v) is 17.6. The third-order valence-electron chi connectivity index (χ3n) is 5.39. The van der Waals surface area contributed by atoms with Crippen molar-refractivity contribution in [3.63, 3.8) is 0 Å². The second kappa shape index (κ2) is 8.39. The average molecular weight is 425 g/mol. The molecule has 4 rings (SSSR count). The highest BCUT2D eigenvalue weighted by Gasteiger charge is 2.22. The summed E-state index contributed by atoms with van der Waals surface area (Å²) < 4.78 is 25.7. The minimum atomic E-state index is -3.36. The highest BCUT2D eigenvalue weighted by atomic mass is 32.2. The molecule has 1 aromatic heterocycles. The van der Waals surface area contributed by atoms with Crippen LogP contribution in [0.3, 0.4) is 0 Å². The van der Waals surface area contributed by atoms with E-state index < -0.39 is 9.84 Å². The third kappa shape index (κ3) is 4.59. The molecular weight excluding hydrogens is 400 g/mol. The maximum atomic E-state index is 12.7. The van der Waals surface area contributed by atoms with E-state index in [-0.39, 0.29) is 16.8 Å². The number of benzene rings is 2. The fourth-order valence-corrected chi connectivity index (χ4v) is 4.41. The first-order chi connectivity index (χ1) is 14.4. The van der Waals surface area contributed by atoms with Crippen LogP contribution in [0.1, 0.15) is 40.4 Å². The summed E-state index contributed by atoms with van der Waals surface area (Å²) in [7, 11) is -3.36. The zero-order valence-electron chi connectivity index (χ0n) is 16.8. The number of carbonyl (C=O) groups excluding carboxylic acids is 1. The van der Waals surface area contributed by atoms with Gasteiger partial charge in [0, 0.05) is 37.2 Å². The van der Waals surface area contributed by atoms with E-state index in [0.717, 1.165) is 50.1 Å². The van der Waals surface area contributed by atoms with E-state index in [9.17, 15) is 13.2 Å². The van der Waals surface area contributed by atoms with Crippen LogP contribution in [0, 0.1) is 0 Å². The number of fused-ring (bicyclic) bond motifs is 1. The van der Waals surface area contributed by atoms with Gasteiger partial charge in [-0.2, -0.15) is 0 Å². The van der Waals surface area contributed by atoms with Gasteiger partial charge in [-0.1, -0.05) is 36.4 Å². The molecule has 1 aliphatic rings. The quantitative estimate of drug-likeness (QED) is 0.679. The summed E-state index contributed by atoms with van der Waals surface area (Å²) >= 11 is 0. The second-order valence-corrected chi connectivity index (χ2v) is 9.66. The summed E-state index contributed by atoms with van der Waals surface area (Å²) in [6.45, 7) is 0.735. The van der Waals surface area contributed by atoms with Crippen molar-refractivity contribution in [1.82, 2.24) is 20.1 Å². The predicted octanol–water partition coefficient (Wildman–Crippen LogP) is 2.41. The van der Waals surface area contributed by atoms with Crippen LogP contribution in [0.15, 0.2) is 59.5 Å². The molecule has 1 N–H and O–H groups in total. The smallest absolute Gasteiger partial charge is 0.251 e. The lowest BCUT2D eigenvalue weighted by Crippen LogP contribution is -2.35. The van der Waals surface area contributed by atoms with Crippen molar-refractivity contribution in [2.45, 2.75) is 43.2 Å². The molecular formula is C22H24N4O3S. The van der Waals surface area contributed by atoms with Crippen LogP contribution in [-0.4, -0.2) is 41.4 Å². The zero-order chi connectivity index (χ0) is 21.1. The van der Waals surface area contributed by atoms with E-state index in [4.69, 9.17) is 0 Å². The molecule has 0 fully saturated rings. The first-order valence-electron chi connectivity index (χ1n) is 9.96. The van der Waals surface area contributed by atoms with Crippen LogP contribution < -0.4 is 5.32 Å². The van der Waals surface area contributed by atoms with E-state index in [1.54, 1.807) is 12.1 Å². The molecule has 7 nitrogen and oxygen atoms in total. The van der Waals surface area contributed by atoms with Crippen molar-refractivity contribution >= 4 is 15.7 Å². The molecule has 0 saturated heterocycles. The number of carbonyl (C=O) groups is 1. The van der Waals surface area contributed by atoms with Crippen molar-refractivity contribution in [2.75, 3.05) is 6.26 Å². The van der Waals surface area contributed by atoms with Crippen LogP contribution in [0.2, 0.25) is 0 Å². The minimum Gasteiger partial charge on any atom is -0.349 e. The van der Waals surface area contributed by atoms with Gasteiger partial charge in [-0.25, -0.2) is 8.42 Å². The van der Waals surface area contributed by atoms with Crippen molar-refractivity contribution in [3.8, 4) is 0 Å². The molecule has 0 radical (unpaired) electrons. The monoisotopic (exact) mass is 424 g/mol. The Hall–Kier alpha value is -3.00. The maximum absolute atomic E-state index is 12.7. The van der Waals surface area contributed by atoms with E-state index in [1.807, 2.05) is 18.2 Å². The molecule has 1 atom stereocenters. The highest BCUT2D eigenvalue weighted by Crippen LogP contribution is 2.18. The number of hydrogen-bond donors (Lipinski definition) is 1. The van der Waals surface area contributed by atoms with Crippen LogP contribution >= 0.6 is 0 Å². The Balaban J connectivity index is 1.43. The van der Waals surface area contributed by atoms with Crippen molar-refractivity contribution < 1.29 is 13.2 Å². The standard InChI is InChI=1S/C22H24N4O3S/c1-30(28,29)19-9-5-8-17(15-19)22(27)23-18-10-11-20-24-25-21(26(20)13-12-18)14-16-6-3-2-4-7-16/h2-9,15,18H,10-14H2,1H3,(H,23,27). The molecule has 0 bridgehead atoms. The second-order valence-electron chi connectivity index (χ2n) is 7.64. The molecule has 1 amide bonds. The molecule has 1 aliphatic heterocycles.